The number of rotatable bonds is 6. The molecule has 0 amide bonds. The van der Waals surface area contributed by atoms with Crippen molar-refractivity contribution in [1.29, 1.82) is 0 Å². The second-order valence-electron chi connectivity index (χ2n) is 9.35. The first-order valence-electron chi connectivity index (χ1n) is 15.3. The third kappa shape index (κ3) is 6.04. The molecule has 2 aromatic carbocycles. The van der Waals surface area contributed by atoms with Crippen LogP contribution in [0.5, 0.6) is 0 Å². The zero-order chi connectivity index (χ0) is 29.1. The Morgan fingerprint density at radius 1 is 0.900 bits per heavy atom. The van der Waals surface area contributed by atoms with Gasteiger partial charge in [0.05, 0.1) is 17.4 Å². The Hall–Kier alpha value is -3.73. The summed E-state index contributed by atoms with van der Waals surface area (Å²) in [4.78, 5) is 0. The highest BCUT2D eigenvalue weighted by molar-refractivity contribution is 5.82. The summed E-state index contributed by atoms with van der Waals surface area (Å²) in [5.41, 5.74) is 6.70. The molecule has 40 heavy (non-hydrogen) atoms. The molecule has 6 rings (SSSR count). The fraction of sp³-hybridized carbons (Fsp3) is 0.400. The molecule has 1 aliphatic rings. The van der Waals surface area contributed by atoms with E-state index >= 15 is 0 Å². The maximum absolute atomic E-state index is 5.99. The van der Waals surface area contributed by atoms with E-state index in [1.807, 2.05) is 82.8 Å². The van der Waals surface area contributed by atoms with E-state index in [1.165, 1.54) is 36.1 Å². The lowest BCUT2D eigenvalue weighted by Crippen LogP contribution is -2.60. The number of benzene rings is 2. The minimum atomic E-state index is 0.142. The Labute approximate surface area is 240 Å². The summed E-state index contributed by atoms with van der Waals surface area (Å²) in [5, 5.41) is 9.89. The summed E-state index contributed by atoms with van der Waals surface area (Å²) in [6, 6.07) is 23.3. The van der Waals surface area contributed by atoms with E-state index in [1.54, 1.807) is 0 Å². The van der Waals surface area contributed by atoms with Crippen LogP contribution in [-0.2, 0) is 12.0 Å². The van der Waals surface area contributed by atoms with Crippen LogP contribution in [0, 0.1) is 0 Å². The Balaban J connectivity index is 0.000000691. The van der Waals surface area contributed by atoms with Gasteiger partial charge in [-0.2, -0.15) is 4.57 Å². The number of fused-ring (bicyclic) bond motifs is 4. The number of hydrogen-bond donors (Lipinski definition) is 0. The summed E-state index contributed by atoms with van der Waals surface area (Å²) in [5.74, 6) is 0.731. The molecule has 0 aliphatic carbocycles. The Kier molecular flexibility index (Phi) is 11.2. The van der Waals surface area contributed by atoms with E-state index in [4.69, 9.17) is 4.42 Å². The first-order chi connectivity index (χ1) is 19.7. The average Bonchev–Trinajstić information content (AvgIpc) is 3.71. The maximum atomic E-state index is 5.99. The van der Waals surface area contributed by atoms with Crippen LogP contribution in [0.1, 0.15) is 86.6 Å². The monoisotopic (exact) mass is 539 g/mol. The van der Waals surface area contributed by atoms with E-state index in [0.717, 1.165) is 41.0 Å². The lowest BCUT2D eigenvalue weighted by atomic mass is 9.78. The quantitative estimate of drug-likeness (QED) is 0.202. The van der Waals surface area contributed by atoms with Crippen molar-refractivity contribution in [3.8, 4) is 28.4 Å². The molecule has 5 aromatic rings. The Morgan fingerprint density at radius 3 is 2.38 bits per heavy atom. The minimum absolute atomic E-state index is 0.142. The number of para-hydroxylation sites is 1. The molecule has 212 valence electrons. The second kappa shape index (κ2) is 14.6. The molecule has 0 saturated carbocycles. The molecule has 0 fully saturated rings. The predicted molar refractivity (Wildman–Crippen MR) is 168 cm³/mol. The van der Waals surface area contributed by atoms with Crippen molar-refractivity contribution in [2.45, 2.75) is 93.0 Å². The summed E-state index contributed by atoms with van der Waals surface area (Å²) in [7, 11) is 0. The normalized spacial score (nSPS) is 14.9. The zero-order valence-electron chi connectivity index (χ0n) is 25.7. The van der Waals surface area contributed by atoms with Gasteiger partial charge in [0.2, 0.25) is 5.69 Å². The molecule has 0 radical (unpaired) electrons. The first-order valence-corrected chi connectivity index (χ1v) is 15.3. The van der Waals surface area contributed by atoms with Crippen molar-refractivity contribution >= 4 is 11.0 Å². The molecule has 1 aliphatic heterocycles. The smallest absolute Gasteiger partial charge is 0.213 e. The predicted octanol–water partition coefficient (Wildman–Crippen LogP) is 9.57. The van der Waals surface area contributed by atoms with Crippen molar-refractivity contribution in [3.05, 3.63) is 84.7 Å². The van der Waals surface area contributed by atoms with Crippen LogP contribution in [0.2, 0.25) is 0 Å². The summed E-state index contributed by atoms with van der Waals surface area (Å²) in [6.07, 6.45) is 10.1. The largest absolute Gasteiger partial charge is 0.454 e. The zero-order valence-corrected chi connectivity index (χ0v) is 25.7. The fourth-order valence-corrected chi connectivity index (χ4v) is 5.41. The molecule has 0 spiro atoms. The number of furan rings is 1. The van der Waals surface area contributed by atoms with Crippen molar-refractivity contribution in [3.63, 3.8) is 0 Å². The van der Waals surface area contributed by atoms with E-state index < -0.39 is 0 Å². The van der Waals surface area contributed by atoms with Gasteiger partial charge in [-0.15, -0.1) is 5.10 Å². The van der Waals surface area contributed by atoms with Crippen LogP contribution in [0.25, 0.3) is 39.4 Å². The van der Waals surface area contributed by atoms with Gasteiger partial charge in [-0.05, 0) is 42.3 Å². The van der Waals surface area contributed by atoms with Gasteiger partial charge >= 0.3 is 0 Å². The molecule has 3 aromatic heterocycles. The standard InChI is InChI=1S/C29H29N4O.3C2H6/c1-3-5-15-29(4-2)19-22-13-14-23(18-24(22)26-11-8-9-16-32(26)29)33-20-25(30-31-33)28-17-21-10-6-7-12-27(21)34-28;3*1-2/h6-14,16-18,20H,3-5,15,19H2,1-2H3;3*1-2H3/q+1;;;. The van der Waals surface area contributed by atoms with Gasteiger partial charge < -0.3 is 4.42 Å². The van der Waals surface area contributed by atoms with Crippen LogP contribution in [0.4, 0.5) is 0 Å². The average molecular weight is 540 g/mol. The minimum Gasteiger partial charge on any atom is -0.454 e. The SMILES string of the molecule is CC.CC.CC.CCCCC1(CC)Cc2ccc(-n3cc(-c4cc5ccccc5o4)nn3)cc2-c2cccc[n+]21. The third-order valence-electron chi connectivity index (χ3n) is 7.35. The van der Waals surface area contributed by atoms with Gasteiger partial charge in [-0.1, -0.05) is 91.3 Å². The molecule has 0 saturated heterocycles. The van der Waals surface area contributed by atoms with Crippen molar-refractivity contribution in [2.24, 2.45) is 0 Å². The molecule has 0 bridgehead atoms. The van der Waals surface area contributed by atoms with Gasteiger partial charge in [0.15, 0.2) is 17.5 Å². The Bertz CT molecular complexity index is 1450. The van der Waals surface area contributed by atoms with E-state index in [2.05, 4.69) is 71.3 Å². The number of nitrogens with zero attached hydrogens (tertiary/aromatic N) is 4. The lowest BCUT2D eigenvalue weighted by molar-refractivity contribution is -0.759. The van der Waals surface area contributed by atoms with Crippen molar-refractivity contribution < 1.29 is 8.98 Å². The third-order valence-corrected chi connectivity index (χ3v) is 7.35. The highest BCUT2D eigenvalue weighted by Gasteiger charge is 2.44. The maximum Gasteiger partial charge on any atom is 0.213 e. The van der Waals surface area contributed by atoms with Gasteiger partial charge in [0.25, 0.3) is 0 Å². The number of aromatic nitrogens is 4. The van der Waals surface area contributed by atoms with Crippen LogP contribution < -0.4 is 4.57 Å². The molecular formula is C35H47N4O+. The van der Waals surface area contributed by atoms with Crippen LogP contribution in [0.15, 0.2) is 83.5 Å². The Morgan fingerprint density at radius 2 is 1.65 bits per heavy atom. The lowest BCUT2D eigenvalue weighted by Gasteiger charge is -2.33. The number of hydrogen-bond acceptors (Lipinski definition) is 3. The first kappa shape index (κ1) is 30.8. The fourth-order valence-electron chi connectivity index (χ4n) is 5.41. The van der Waals surface area contributed by atoms with Gasteiger partial charge in [-0.3, -0.25) is 0 Å². The summed E-state index contributed by atoms with van der Waals surface area (Å²) < 4.78 is 10.4. The van der Waals surface area contributed by atoms with E-state index in [0.29, 0.717) is 0 Å². The van der Waals surface area contributed by atoms with E-state index in [9.17, 15) is 0 Å². The molecule has 5 nitrogen and oxygen atoms in total. The molecular weight excluding hydrogens is 492 g/mol. The molecule has 4 heterocycles. The molecule has 0 N–H and O–H groups in total. The van der Waals surface area contributed by atoms with Gasteiger partial charge in [0, 0.05) is 36.8 Å². The second-order valence-corrected chi connectivity index (χ2v) is 9.35. The van der Waals surface area contributed by atoms with Crippen molar-refractivity contribution in [2.75, 3.05) is 0 Å². The summed E-state index contributed by atoms with van der Waals surface area (Å²) in [6.45, 7) is 16.6. The van der Waals surface area contributed by atoms with E-state index in [-0.39, 0.29) is 5.54 Å². The molecule has 1 atom stereocenters. The van der Waals surface area contributed by atoms with Crippen LogP contribution in [-0.4, -0.2) is 15.0 Å². The van der Waals surface area contributed by atoms with Crippen LogP contribution in [0.3, 0.4) is 0 Å². The number of unbranched alkanes of at least 4 members (excludes halogenated alkanes) is 1. The summed E-state index contributed by atoms with van der Waals surface area (Å²) >= 11 is 0. The molecule has 5 heteroatoms. The van der Waals surface area contributed by atoms with Crippen molar-refractivity contribution in [1.82, 2.24) is 15.0 Å². The molecule has 1 unspecified atom stereocenters. The number of pyridine rings is 1. The van der Waals surface area contributed by atoms with Gasteiger partial charge in [-0.25, -0.2) is 4.68 Å². The van der Waals surface area contributed by atoms with Crippen LogP contribution >= 0.6 is 0 Å². The highest BCUT2D eigenvalue weighted by atomic mass is 16.3. The topological polar surface area (TPSA) is 47.7 Å². The highest BCUT2D eigenvalue weighted by Crippen LogP contribution is 2.38. The van der Waals surface area contributed by atoms with Gasteiger partial charge in [0.1, 0.15) is 11.3 Å².